The van der Waals surface area contributed by atoms with E-state index >= 15 is 0 Å². The van der Waals surface area contributed by atoms with Crippen molar-refractivity contribution in [1.29, 1.82) is 0 Å². The number of carbonyl (C=O) groups is 2. The van der Waals surface area contributed by atoms with Gasteiger partial charge in [0.25, 0.3) is 0 Å². The molecule has 1 fully saturated rings. The second kappa shape index (κ2) is 5.86. The van der Waals surface area contributed by atoms with Crippen LogP contribution in [0.3, 0.4) is 0 Å². The Hall–Kier alpha value is -1.30. The highest BCUT2D eigenvalue weighted by atomic mass is 16.3. The number of amides is 3. The number of hydrogen-bond acceptors (Lipinski definition) is 3. The number of aliphatic hydroxyl groups is 1. The van der Waals surface area contributed by atoms with Gasteiger partial charge in [-0.3, -0.25) is 4.79 Å². The first-order valence-electron chi connectivity index (χ1n) is 5.94. The molecular formula is C11H21N3O3. The number of hydrogen-bond donors (Lipinski definition) is 3. The normalized spacial score (nSPS) is 21.6. The molecule has 0 radical (unpaired) electrons. The van der Waals surface area contributed by atoms with Gasteiger partial charge in [-0.2, -0.15) is 0 Å². The van der Waals surface area contributed by atoms with Crippen LogP contribution in [0.5, 0.6) is 0 Å². The lowest BCUT2D eigenvalue weighted by Gasteiger charge is -2.29. The molecule has 3 amide bonds. The molecule has 0 aliphatic carbocycles. The summed E-state index contributed by atoms with van der Waals surface area (Å²) in [5.41, 5.74) is 5.06. The van der Waals surface area contributed by atoms with Crippen LogP contribution in [-0.2, 0) is 4.79 Å². The van der Waals surface area contributed by atoms with E-state index in [9.17, 15) is 14.7 Å². The minimum atomic E-state index is -0.697. The highest BCUT2D eigenvalue weighted by Gasteiger charge is 2.34. The summed E-state index contributed by atoms with van der Waals surface area (Å²) in [6.07, 6.45) is 1.70. The van der Waals surface area contributed by atoms with E-state index in [1.807, 2.05) is 13.8 Å². The molecule has 1 unspecified atom stereocenters. The molecule has 2 atom stereocenters. The fourth-order valence-corrected chi connectivity index (χ4v) is 2.16. The van der Waals surface area contributed by atoms with E-state index in [4.69, 9.17) is 5.73 Å². The van der Waals surface area contributed by atoms with Crippen LogP contribution < -0.4 is 11.1 Å². The Morgan fingerprint density at radius 3 is 2.65 bits per heavy atom. The maximum Gasteiger partial charge on any atom is 0.312 e. The van der Waals surface area contributed by atoms with Gasteiger partial charge in [-0.25, -0.2) is 4.79 Å². The molecule has 0 spiro atoms. The first-order valence-corrected chi connectivity index (χ1v) is 5.94. The highest BCUT2D eigenvalue weighted by Crippen LogP contribution is 2.19. The van der Waals surface area contributed by atoms with E-state index in [2.05, 4.69) is 5.32 Å². The van der Waals surface area contributed by atoms with Crippen molar-refractivity contribution in [3.8, 4) is 0 Å². The number of urea groups is 1. The van der Waals surface area contributed by atoms with Crippen molar-refractivity contribution in [1.82, 2.24) is 10.2 Å². The molecule has 0 aromatic carbocycles. The third kappa shape index (κ3) is 3.33. The molecular weight excluding hydrogens is 222 g/mol. The van der Waals surface area contributed by atoms with Gasteiger partial charge >= 0.3 is 6.03 Å². The van der Waals surface area contributed by atoms with Gasteiger partial charge in [-0.05, 0) is 18.8 Å². The minimum absolute atomic E-state index is 0.0325. The predicted molar refractivity (Wildman–Crippen MR) is 63.2 cm³/mol. The summed E-state index contributed by atoms with van der Waals surface area (Å²) >= 11 is 0. The van der Waals surface area contributed by atoms with E-state index in [0.29, 0.717) is 6.54 Å². The molecule has 1 saturated heterocycles. The average molecular weight is 243 g/mol. The maximum atomic E-state index is 12.2. The fraction of sp³-hybridized carbons (Fsp3) is 0.818. The number of primary amides is 1. The molecule has 0 aromatic rings. The average Bonchev–Trinajstić information content (AvgIpc) is 2.72. The lowest BCUT2D eigenvalue weighted by Crippen LogP contribution is -2.54. The van der Waals surface area contributed by atoms with Crippen molar-refractivity contribution in [2.45, 2.75) is 38.8 Å². The van der Waals surface area contributed by atoms with E-state index < -0.39 is 12.1 Å². The van der Waals surface area contributed by atoms with E-state index in [1.54, 1.807) is 4.90 Å². The SMILES string of the molecule is CC(C)C(NC(N)=O)C(=O)N1CCC[C@H]1CO. The maximum absolute atomic E-state index is 12.2. The summed E-state index contributed by atoms with van der Waals surface area (Å²) < 4.78 is 0. The van der Waals surface area contributed by atoms with E-state index in [1.165, 1.54) is 0 Å². The summed E-state index contributed by atoms with van der Waals surface area (Å²) in [7, 11) is 0. The Morgan fingerprint density at radius 1 is 1.53 bits per heavy atom. The topological polar surface area (TPSA) is 95.7 Å². The fourth-order valence-electron chi connectivity index (χ4n) is 2.16. The van der Waals surface area contributed by atoms with Crippen molar-refractivity contribution in [3.05, 3.63) is 0 Å². The predicted octanol–water partition coefficient (Wildman–Crippen LogP) is -0.337. The van der Waals surface area contributed by atoms with Gasteiger partial charge in [0.1, 0.15) is 6.04 Å². The van der Waals surface area contributed by atoms with Crippen LogP contribution in [0.15, 0.2) is 0 Å². The van der Waals surface area contributed by atoms with Crippen LogP contribution in [-0.4, -0.2) is 47.2 Å². The van der Waals surface area contributed by atoms with Gasteiger partial charge in [0, 0.05) is 6.54 Å². The first-order chi connectivity index (χ1) is 7.97. The van der Waals surface area contributed by atoms with Crippen molar-refractivity contribution < 1.29 is 14.7 Å². The zero-order valence-electron chi connectivity index (χ0n) is 10.3. The summed E-state index contributed by atoms with van der Waals surface area (Å²) in [5.74, 6) is -0.190. The number of carbonyl (C=O) groups excluding carboxylic acids is 2. The Morgan fingerprint density at radius 2 is 2.18 bits per heavy atom. The summed E-state index contributed by atoms with van der Waals surface area (Å²) in [5, 5.41) is 11.6. The summed E-state index contributed by atoms with van der Waals surface area (Å²) in [6, 6.07) is -1.44. The largest absolute Gasteiger partial charge is 0.394 e. The lowest BCUT2D eigenvalue weighted by molar-refractivity contribution is -0.135. The molecule has 0 aromatic heterocycles. The second-order valence-electron chi connectivity index (χ2n) is 4.74. The van der Waals surface area contributed by atoms with Crippen LogP contribution in [0.1, 0.15) is 26.7 Å². The van der Waals surface area contributed by atoms with Gasteiger partial charge in [0.15, 0.2) is 0 Å². The molecule has 1 heterocycles. The lowest BCUT2D eigenvalue weighted by atomic mass is 10.0. The van der Waals surface area contributed by atoms with Crippen LogP contribution in [0.2, 0.25) is 0 Å². The number of aliphatic hydroxyl groups excluding tert-OH is 1. The standard InChI is InChI=1S/C11H21N3O3/c1-7(2)9(13-11(12)17)10(16)14-5-3-4-8(14)6-15/h7-9,15H,3-6H2,1-2H3,(H3,12,13,17)/t8-,9?/m0/s1. The van der Waals surface area contributed by atoms with Gasteiger partial charge < -0.3 is 21.1 Å². The third-order valence-electron chi connectivity index (χ3n) is 3.10. The second-order valence-corrected chi connectivity index (χ2v) is 4.74. The molecule has 17 heavy (non-hydrogen) atoms. The third-order valence-corrected chi connectivity index (χ3v) is 3.10. The number of rotatable bonds is 4. The van der Waals surface area contributed by atoms with Crippen LogP contribution in [0.4, 0.5) is 4.79 Å². The van der Waals surface area contributed by atoms with Crippen LogP contribution >= 0.6 is 0 Å². The number of nitrogens with two attached hydrogens (primary N) is 1. The number of nitrogens with zero attached hydrogens (tertiary/aromatic N) is 1. The summed E-state index contributed by atoms with van der Waals surface area (Å²) in [4.78, 5) is 24.8. The molecule has 6 nitrogen and oxygen atoms in total. The molecule has 4 N–H and O–H groups in total. The molecule has 0 bridgehead atoms. The minimum Gasteiger partial charge on any atom is -0.394 e. The molecule has 1 aliphatic heterocycles. The number of likely N-dealkylation sites (tertiary alicyclic amines) is 1. The van der Waals surface area contributed by atoms with Crippen LogP contribution in [0, 0.1) is 5.92 Å². The Kier molecular flexibility index (Phi) is 4.74. The quantitative estimate of drug-likeness (QED) is 0.630. The van der Waals surface area contributed by atoms with Gasteiger partial charge in [0.2, 0.25) is 5.91 Å². The molecule has 98 valence electrons. The number of nitrogens with one attached hydrogen (secondary N) is 1. The van der Waals surface area contributed by atoms with Gasteiger partial charge in [0.05, 0.1) is 12.6 Å². The van der Waals surface area contributed by atoms with E-state index in [-0.39, 0.29) is 24.5 Å². The highest BCUT2D eigenvalue weighted by molar-refractivity contribution is 5.87. The Bertz CT molecular complexity index is 294. The smallest absolute Gasteiger partial charge is 0.312 e. The monoisotopic (exact) mass is 243 g/mol. The Labute approximate surface area is 101 Å². The molecule has 1 aliphatic rings. The molecule has 6 heteroatoms. The van der Waals surface area contributed by atoms with Crippen molar-refractivity contribution >= 4 is 11.9 Å². The van der Waals surface area contributed by atoms with Gasteiger partial charge in [-0.15, -0.1) is 0 Å². The van der Waals surface area contributed by atoms with E-state index in [0.717, 1.165) is 12.8 Å². The van der Waals surface area contributed by atoms with Crippen molar-refractivity contribution in [2.75, 3.05) is 13.2 Å². The first kappa shape index (κ1) is 13.8. The molecule has 1 rings (SSSR count). The van der Waals surface area contributed by atoms with Crippen LogP contribution in [0.25, 0.3) is 0 Å². The van der Waals surface area contributed by atoms with Crippen molar-refractivity contribution in [2.24, 2.45) is 11.7 Å². The summed E-state index contributed by atoms with van der Waals surface area (Å²) in [6.45, 7) is 4.30. The Balaban J connectivity index is 2.73. The van der Waals surface area contributed by atoms with Crippen molar-refractivity contribution in [3.63, 3.8) is 0 Å². The van der Waals surface area contributed by atoms with Gasteiger partial charge in [-0.1, -0.05) is 13.8 Å². The zero-order valence-corrected chi connectivity index (χ0v) is 10.3. The molecule has 0 saturated carbocycles. The zero-order chi connectivity index (χ0) is 13.0.